The Labute approximate surface area is 191 Å². The molecule has 0 spiro atoms. The SMILES string of the molecule is CN=C(NCCCc1c(C)noc1C)NC(C)c1ccc(OCC(C)C)cc1.I. The predicted octanol–water partition coefficient (Wildman–Crippen LogP) is 4.80. The van der Waals surface area contributed by atoms with E-state index in [4.69, 9.17) is 9.26 Å². The Morgan fingerprint density at radius 2 is 1.86 bits per heavy atom. The van der Waals surface area contributed by atoms with Crippen LogP contribution in [0.25, 0.3) is 0 Å². The Bertz CT molecular complexity index is 737. The second-order valence-corrected chi connectivity index (χ2v) is 7.55. The third-order valence-electron chi connectivity index (χ3n) is 4.62. The number of hydrogen-bond acceptors (Lipinski definition) is 4. The summed E-state index contributed by atoms with van der Waals surface area (Å²) in [6.45, 7) is 11.9. The number of benzene rings is 1. The maximum absolute atomic E-state index is 5.75. The van der Waals surface area contributed by atoms with Crippen LogP contribution in [0.3, 0.4) is 0 Å². The molecule has 29 heavy (non-hydrogen) atoms. The third kappa shape index (κ3) is 8.24. The standard InChI is InChI=1S/C22H34N4O2.HI/c1-15(2)14-27-20-11-9-19(10-12-20)16(3)25-22(23-6)24-13-7-8-21-17(4)26-28-18(21)5;/h9-12,15-16H,7-8,13-14H2,1-6H3,(H2,23,24,25);1H. The molecular weight excluding hydrogens is 479 g/mol. The highest BCUT2D eigenvalue weighted by Gasteiger charge is 2.10. The summed E-state index contributed by atoms with van der Waals surface area (Å²) in [5.41, 5.74) is 3.38. The van der Waals surface area contributed by atoms with Crippen LogP contribution in [-0.2, 0) is 6.42 Å². The first-order valence-corrected chi connectivity index (χ1v) is 10.0. The zero-order chi connectivity index (χ0) is 20.5. The van der Waals surface area contributed by atoms with Gasteiger partial charge in [0.25, 0.3) is 0 Å². The van der Waals surface area contributed by atoms with Crippen LogP contribution in [0, 0.1) is 19.8 Å². The van der Waals surface area contributed by atoms with E-state index in [-0.39, 0.29) is 30.0 Å². The van der Waals surface area contributed by atoms with E-state index in [0.717, 1.165) is 49.2 Å². The molecule has 1 aromatic heterocycles. The van der Waals surface area contributed by atoms with E-state index in [1.54, 1.807) is 7.05 Å². The van der Waals surface area contributed by atoms with E-state index in [2.05, 4.69) is 53.7 Å². The second kappa shape index (κ2) is 12.7. The highest BCUT2D eigenvalue weighted by molar-refractivity contribution is 14.0. The lowest BCUT2D eigenvalue weighted by Gasteiger charge is -2.19. The molecule has 2 N–H and O–H groups in total. The third-order valence-corrected chi connectivity index (χ3v) is 4.62. The van der Waals surface area contributed by atoms with Crippen molar-refractivity contribution in [2.75, 3.05) is 20.2 Å². The summed E-state index contributed by atoms with van der Waals surface area (Å²) in [6, 6.07) is 8.38. The van der Waals surface area contributed by atoms with Gasteiger partial charge in [-0.3, -0.25) is 4.99 Å². The highest BCUT2D eigenvalue weighted by Crippen LogP contribution is 2.18. The molecule has 0 aliphatic rings. The second-order valence-electron chi connectivity index (χ2n) is 7.55. The number of hydrogen-bond donors (Lipinski definition) is 2. The van der Waals surface area contributed by atoms with E-state index in [0.29, 0.717) is 5.92 Å². The van der Waals surface area contributed by atoms with Crippen LogP contribution in [0.1, 0.15) is 55.8 Å². The first-order valence-electron chi connectivity index (χ1n) is 10.0. The smallest absolute Gasteiger partial charge is 0.191 e. The lowest BCUT2D eigenvalue weighted by atomic mass is 10.1. The van der Waals surface area contributed by atoms with Gasteiger partial charge in [-0.1, -0.05) is 31.1 Å². The maximum Gasteiger partial charge on any atom is 0.191 e. The summed E-state index contributed by atoms with van der Waals surface area (Å²) in [7, 11) is 1.79. The Morgan fingerprint density at radius 3 is 2.41 bits per heavy atom. The van der Waals surface area contributed by atoms with Crippen LogP contribution in [0.5, 0.6) is 5.75 Å². The maximum atomic E-state index is 5.75. The molecule has 0 bridgehead atoms. The highest BCUT2D eigenvalue weighted by atomic mass is 127. The van der Waals surface area contributed by atoms with Gasteiger partial charge in [0, 0.05) is 19.2 Å². The van der Waals surface area contributed by atoms with Crippen LogP contribution in [0.15, 0.2) is 33.8 Å². The summed E-state index contributed by atoms with van der Waals surface area (Å²) in [4.78, 5) is 4.33. The molecule has 0 amide bonds. The number of rotatable bonds is 9. The number of aromatic nitrogens is 1. The molecule has 1 aromatic carbocycles. The van der Waals surface area contributed by atoms with Crippen molar-refractivity contribution in [2.45, 2.75) is 53.5 Å². The number of aliphatic imine (C=N–C) groups is 1. The molecule has 0 radical (unpaired) electrons. The Balaban J connectivity index is 0.00000420. The Kier molecular flexibility index (Phi) is 11.1. The zero-order valence-electron chi connectivity index (χ0n) is 18.4. The minimum absolute atomic E-state index is 0. The van der Waals surface area contributed by atoms with E-state index in [1.807, 2.05) is 26.0 Å². The summed E-state index contributed by atoms with van der Waals surface area (Å²) in [6.07, 6.45) is 1.93. The lowest BCUT2D eigenvalue weighted by molar-refractivity contribution is 0.271. The lowest BCUT2D eigenvalue weighted by Crippen LogP contribution is -2.39. The molecule has 0 aliphatic heterocycles. The summed E-state index contributed by atoms with van der Waals surface area (Å²) < 4.78 is 11.0. The molecule has 0 saturated carbocycles. The molecule has 0 saturated heterocycles. The fourth-order valence-electron chi connectivity index (χ4n) is 2.93. The van der Waals surface area contributed by atoms with E-state index in [9.17, 15) is 0 Å². The van der Waals surface area contributed by atoms with Crippen molar-refractivity contribution < 1.29 is 9.26 Å². The molecule has 7 heteroatoms. The van der Waals surface area contributed by atoms with E-state index < -0.39 is 0 Å². The van der Waals surface area contributed by atoms with Gasteiger partial charge in [-0.15, -0.1) is 24.0 Å². The van der Waals surface area contributed by atoms with E-state index >= 15 is 0 Å². The van der Waals surface area contributed by atoms with Gasteiger partial charge < -0.3 is 19.9 Å². The topological polar surface area (TPSA) is 71.7 Å². The van der Waals surface area contributed by atoms with Crippen molar-refractivity contribution in [2.24, 2.45) is 10.9 Å². The molecule has 2 rings (SSSR count). The molecule has 1 heterocycles. The van der Waals surface area contributed by atoms with Crippen LogP contribution in [0.2, 0.25) is 0 Å². The van der Waals surface area contributed by atoms with Gasteiger partial charge in [-0.05, 0) is 57.2 Å². The van der Waals surface area contributed by atoms with E-state index in [1.165, 1.54) is 11.1 Å². The fraction of sp³-hybridized carbons (Fsp3) is 0.545. The van der Waals surface area contributed by atoms with Gasteiger partial charge in [0.15, 0.2) is 5.96 Å². The average molecular weight is 514 g/mol. The van der Waals surface area contributed by atoms with Gasteiger partial charge in [0.05, 0.1) is 18.3 Å². The Morgan fingerprint density at radius 1 is 1.17 bits per heavy atom. The number of ether oxygens (including phenoxy) is 1. The molecule has 1 atom stereocenters. The van der Waals surface area contributed by atoms with Crippen LogP contribution in [-0.4, -0.2) is 31.3 Å². The number of nitrogens with one attached hydrogen (secondary N) is 2. The molecule has 0 fully saturated rings. The van der Waals surface area contributed by atoms with Gasteiger partial charge in [0.2, 0.25) is 0 Å². The Hall–Kier alpha value is -1.77. The first kappa shape index (κ1) is 25.3. The molecule has 0 aliphatic carbocycles. The minimum atomic E-state index is 0. The van der Waals surface area contributed by atoms with Gasteiger partial charge in [-0.2, -0.15) is 0 Å². The molecule has 162 valence electrons. The van der Waals surface area contributed by atoms with Crippen molar-refractivity contribution >= 4 is 29.9 Å². The van der Waals surface area contributed by atoms with Gasteiger partial charge in [-0.25, -0.2) is 0 Å². The van der Waals surface area contributed by atoms with Crippen LogP contribution >= 0.6 is 24.0 Å². The van der Waals surface area contributed by atoms with Crippen LogP contribution < -0.4 is 15.4 Å². The van der Waals surface area contributed by atoms with Crippen molar-refractivity contribution in [3.63, 3.8) is 0 Å². The number of aryl methyl sites for hydroxylation is 2. The summed E-state index contributed by atoms with van der Waals surface area (Å²) in [5, 5.41) is 10.8. The van der Waals surface area contributed by atoms with Crippen molar-refractivity contribution in [1.29, 1.82) is 0 Å². The predicted molar refractivity (Wildman–Crippen MR) is 129 cm³/mol. The number of nitrogens with zero attached hydrogens (tertiary/aromatic N) is 2. The summed E-state index contributed by atoms with van der Waals surface area (Å²) in [5.74, 6) is 3.14. The largest absolute Gasteiger partial charge is 0.493 e. The molecule has 6 nitrogen and oxygen atoms in total. The zero-order valence-corrected chi connectivity index (χ0v) is 20.7. The average Bonchev–Trinajstić information content (AvgIpc) is 3.00. The van der Waals surface area contributed by atoms with Gasteiger partial charge >= 0.3 is 0 Å². The van der Waals surface area contributed by atoms with Crippen molar-refractivity contribution in [3.8, 4) is 5.75 Å². The minimum Gasteiger partial charge on any atom is -0.493 e. The molecule has 1 unspecified atom stereocenters. The van der Waals surface area contributed by atoms with Gasteiger partial charge in [0.1, 0.15) is 11.5 Å². The summed E-state index contributed by atoms with van der Waals surface area (Å²) >= 11 is 0. The first-order chi connectivity index (χ1) is 13.4. The number of guanidine groups is 1. The normalized spacial score (nSPS) is 12.4. The monoisotopic (exact) mass is 514 g/mol. The van der Waals surface area contributed by atoms with Crippen molar-refractivity contribution in [1.82, 2.24) is 15.8 Å². The quantitative estimate of drug-likeness (QED) is 0.218. The van der Waals surface area contributed by atoms with Crippen LogP contribution in [0.4, 0.5) is 0 Å². The molecular formula is C22H35IN4O2. The fourth-order valence-corrected chi connectivity index (χ4v) is 2.93. The number of halogens is 1. The molecule has 2 aromatic rings. The van der Waals surface area contributed by atoms with Crippen molar-refractivity contribution in [3.05, 3.63) is 46.8 Å².